The molecule has 0 amide bonds. The summed E-state index contributed by atoms with van der Waals surface area (Å²) in [5, 5.41) is 3.88. The van der Waals surface area contributed by atoms with Gasteiger partial charge in [0.25, 0.3) is 0 Å². The number of hydrogen-bond donors (Lipinski definition) is 1. The normalized spacial score (nSPS) is 20.7. The van der Waals surface area contributed by atoms with Gasteiger partial charge < -0.3 is 5.32 Å². The zero-order chi connectivity index (χ0) is 13.1. The largest absolute Gasteiger partial charge is 0.310 e. The molecular weight excluding hydrogens is 230 g/mol. The van der Waals surface area contributed by atoms with Gasteiger partial charge in [-0.3, -0.25) is 0 Å². The second-order valence-corrected chi connectivity index (χ2v) is 6.50. The highest BCUT2D eigenvalue weighted by Gasteiger charge is 2.41. The van der Waals surface area contributed by atoms with Crippen LogP contribution in [0.3, 0.4) is 0 Å². The summed E-state index contributed by atoms with van der Waals surface area (Å²) < 4.78 is 0. The van der Waals surface area contributed by atoms with Crippen LogP contribution in [0, 0.1) is 17.8 Å². The van der Waals surface area contributed by atoms with Gasteiger partial charge in [0.1, 0.15) is 0 Å². The monoisotopic (exact) mass is 257 g/mol. The van der Waals surface area contributed by atoms with Gasteiger partial charge in [0.2, 0.25) is 0 Å². The Morgan fingerprint density at radius 3 is 2.21 bits per heavy atom. The third-order valence-electron chi connectivity index (χ3n) is 4.83. The minimum atomic E-state index is 0.561. The highest BCUT2D eigenvalue weighted by molar-refractivity contribution is 5.18. The molecule has 3 rings (SSSR count). The van der Waals surface area contributed by atoms with Gasteiger partial charge in [0.05, 0.1) is 0 Å². The fourth-order valence-electron chi connectivity index (χ4n) is 3.41. The maximum absolute atomic E-state index is 3.88. The van der Waals surface area contributed by atoms with Crippen molar-refractivity contribution in [2.75, 3.05) is 6.54 Å². The number of rotatable bonds is 8. The summed E-state index contributed by atoms with van der Waals surface area (Å²) in [6.45, 7) is 3.53. The molecule has 2 saturated carbocycles. The Kier molecular flexibility index (Phi) is 4.22. The van der Waals surface area contributed by atoms with Crippen molar-refractivity contribution in [2.24, 2.45) is 17.8 Å². The molecule has 0 aromatic heterocycles. The highest BCUT2D eigenvalue weighted by atomic mass is 14.9. The molecule has 2 aliphatic carbocycles. The van der Waals surface area contributed by atoms with Crippen LogP contribution in [0.1, 0.15) is 57.1 Å². The van der Waals surface area contributed by atoms with Crippen molar-refractivity contribution in [3.63, 3.8) is 0 Å². The average molecular weight is 257 g/mol. The Hall–Kier alpha value is -0.820. The molecule has 0 saturated heterocycles. The molecular formula is C18H27N. The quantitative estimate of drug-likeness (QED) is 0.720. The number of nitrogens with one attached hydrogen (secondary N) is 1. The van der Waals surface area contributed by atoms with E-state index in [-0.39, 0.29) is 0 Å². The van der Waals surface area contributed by atoms with Crippen molar-refractivity contribution in [2.45, 2.75) is 51.5 Å². The zero-order valence-electron chi connectivity index (χ0n) is 12.1. The molecule has 104 valence electrons. The van der Waals surface area contributed by atoms with Crippen molar-refractivity contribution >= 4 is 0 Å². The van der Waals surface area contributed by atoms with E-state index in [4.69, 9.17) is 0 Å². The third kappa shape index (κ3) is 3.60. The summed E-state index contributed by atoms with van der Waals surface area (Å²) in [7, 11) is 0. The minimum Gasteiger partial charge on any atom is -0.310 e. The van der Waals surface area contributed by atoms with E-state index < -0.39 is 0 Å². The second-order valence-electron chi connectivity index (χ2n) is 6.50. The molecule has 1 N–H and O–H groups in total. The topological polar surface area (TPSA) is 12.0 Å². The van der Waals surface area contributed by atoms with E-state index in [0.29, 0.717) is 6.04 Å². The van der Waals surface area contributed by atoms with E-state index in [1.165, 1.54) is 50.6 Å². The lowest BCUT2D eigenvalue weighted by molar-refractivity contribution is 0.349. The molecule has 2 fully saturated rings. The molecule has 1 aromatic rings. The zero-order valence-corrected chi connectivity index (χ0v) is 12.1. The summed E-state index contributed by atoms with van der Waals surface area (Å²) in [6, 6.07) is 11.6. The van der Waals surface area contributed by atoms with Gasteiger partial charge in [0, 0.05) is 6.04 Å². The molecule has 1 atom stereocenters. The minimum absolute atomic E-state index is 0.561. The van der Waals surface area contributed by atoms with Crippen LogP contribution in [0.2, 0.25) is 0 Å². The van der Waals surface area contributed by atoms with Crippen LogP contribution < -0.4 is 5.32 Å². The van der Waals surface area contributed by atoms with E-state index in [0.717, 1.165) is 17.8 Å². The predicted molar refractivity (Wildman–Crippen MR) is 81.0 cm³/mol. The van der Waals surface area contributed by atoms with E-state index in [2.05, 4.69) is 42.6 Å². The first-order valence-corrected chi connectivity index (χ1v) is 8.16. The van der Waals surface area contributed by atoms with E-state index >= 15 is 0 Å². The summed E-state index contributed by atoms with van der Waals surface area (Å²) in [5.41, 5.74) is 1.47. The van der Waals surface area contributed by atoms with Crippen LogP contribution in [-0.4, -0.2) is 6.54 Å². The van der Waals surface area contributed by atoms with Crippen LogP contribution >= 0.6 is 0 Å². The standard InChI is InChI=1S/C18H27N/c1-2-6-18(16-7-4-3-5-8-16)19-13-17(14-9-10-14)15-11-12-15/h3-5,7-8,14-15,17-19H,2,6,9-13H2,1H3. The lowest BCUT2D eigenvalue weighted by Crippen LogP contribution is -2.29. The Morgan fingerprint density at radius 2 is 1.68 bits per heavy atom. The van der Waals surface area contributed by atoms with Crippen molar-refractivity contribution in [3.8, 4) is 0 Å². The SMILES string of the molecule is CCCC(NCC(C1CC1)C1CC1)c1ccccc1. The molecule has 1 nitrogen and oxygen atoms in total. The van der Waals surface area contributed by atoms with Crippen molar-refractivity contribution < 1.29 is 0 Å². The molecule has 1 heteroatoms. The smallest absolute Gasteiger partial charge is 0.0320 e. The van der Waals surface area contributed by atoms with Crippen LogP contribution in [0.4, 0.5) is 0 Å². The van der Waals surface area contributed by atoms with Gasteiger partial charge >= 0.3 is 0 Å². The van der Waals surface area contributed by atoms with Gasteiger partial charge in [-0.1, -0.05) is 43.7 Å². The average Bonchev–Trinajstić information content (AvgIpc) is 3.32. The Bertz CT molecular complexity index is 366. The fourth-order valence-corrected chi connectivity index (χ4v) is 3.41. The van der Waals surface area contributed by atoms with Gasteiger partial charge in [-0.25, -0.2) is 0 Å². The molecule has 0 spiro atoms. The molecule has 0 aliphatic heterocycles. The molecule has 19 heavy (non-hydrogen) atoms. The third-order valence-corrected chi connectivity index (χ3v) is 4.83. The van der Waals surface area contributed by atoms with Gasteiger partial charge in [-0.2, -0.15) is 0 Å². The van der Waals surface area contributed by atoms with E-state index in [1.54, 1.807) is 0 Å². The molecule has 0 heterocycles. The van der Waals surface area contributed by atoms with Crippen molar-refractivity contribution in [3.05, 3.63) is 35.9 Å². The second kappa shape index (κ2) is 6.09. The van der Waals surface area contributed by atoms with Crippen molar-refractivity contribution in [1.82, 2.24) is 5.32 Å². The first kappa shape index (κ1) is 13.2. The van der Waals surface area contributed by atoms with Gasteiger partial charge in [0.15, 0.2) is 0 Å². The molecule has 1 unspecified atom stereocenters. The Labute approximate surface area is 117 Å². The first-order valence-electron chi connectivity index (χ1n) is 8.16. The van der Waals surface area contributed by atoms with Gasteiger partial charge in [-0.05, 0) is 62.0 Å². The lowest BCUT2D eigenvalue weighted by atomic mass is 9.96. The highest BCUT2D eigenvalue weighted by Crippen LogP contribution is 2.49. The summed E-state index contributed by atoms with van der Waals surface area (Å²) >= 11 is 0. The van der Waals surface area contributed by atoms with E-state index in [1.807, 2.05) is 0 Å². The predicted octanol–water partition coefficient (Wildman–Crippen LogP) is 4.55. The Morgan fingerprint density at radius 1 is 1.05 bits per heavy atom. The van der Waals surface area contributed by atoms with Crippen LogP contribution in [0.5, 0.6) is 0 Å². The Balaban J connectivity index is 1.58. The molecule has 2 aliphatic rings. The van der Waals surface area contributed by atoms with Crippen molar-refractivity contribution in [1.29, 1.82) is 0 Å². The van der Waals surface area contributed by atoms with Crippen LogP contribution in [0.25, 0.3) is 0 Å². The molecule has 1 aromatic carbocycles. The maximum Gasteiger partial charge on any atom is 0.0320 e. The first-order chi connectivity index (χ1) is 9.38. The molecule has 0 bridgehead atoms. The van der Waals surface area contributed by atoms with Gasteiger partial charge in [-0.15, -0.1) is 0 Å². The number of hydrogen-bond acceptors (Lipinski definition) is 1. The fraction of sp³-hybridized carbons (Fsp3) is 0.667. The summed E-state index contributed by atoms with van der Waals surface area (Å²) in [5.74, 6) is 3.08. The van der Waals surface area contributed by atoms with E-state index in [9.17, 15) is 0 Å². The van der Waals surface area contributed by atoms with Crippen LogP contribution in [0.15, 0.2) is 30.3 Å². The lowest BCUT2D eigenvalue weighted by Gasteiger charge is -2.23. The number of benzene rings is 1. The van der Waals surface area contributed by atoms with Crippen LogP contribution in [-0.2, 0) is 0 Å². The molecule has 0 radical (unpaired) electrons. The summed E-state index contributed by atoms with van der Waals surface area (Å²) in [6.07, 6.45) is 8.48. The summed E-state index contributed by atoms with van der Waals surface area (Å²) in [4.78, 5) is 0. The maximum atomic E-state index is 3.88.